The largest absolute Gasteiger partial charge is 0.462 e. The minimum Gasteiger partial charge on any atom is -0.462 e. The molecule has 104 valence electrons. The molecule has 0 aliphatic heterocycles. The van der Waals surface area contributed by atoms with E-state index < -0.39 is 0 Å². The molecule has 5 nitrogen and oxygen atoms in total. The standard InChI is InChI=1S/C13H25N3O2/c1-10(2)16-13(14)15-9-5-8-12(17)18-11-6-3-4-7-11/h10-11H,3-9H2,1-2H3,(H3,14,15,16). The van der Waals surface area contributed by atoms with Crippen LogP contribution in [0.5, 0.6) is 0 Å². The van der Waals surface area contributed by atoms with Crippen molar-refractivity contribution < 1.29 is 9.53 Å². The van der Waals surface area contributed by atoms with E-state index in [1.54, 1.807) is 0 Å². The van der Waals surface area contributed by atoms with E-state index >= 15 is 0 Å². The van der Waals surface area contributed by atoms with Crippen molar-refractivity contribution in [2.45, 2.75) is 64.5 Å². The van der Waals surface area contributed by atoms with Crippen LogP contribution in [0.1, 0.15) is 52.4 Å². The van der Waals surface area contributed by atoms with Crippen LogP contribution in [0, 0.1) is 0 Å². The fraction of sp³-hybridized carbons (Fsp3) is 0.846. The van der Waals surface area contributed by atoms with Crippen molar-refractivity contribution in [1.29, 1.82) is 0 Å². The van der Waals surface area contributed by atoms with E-state index in [0.717, 1.165) is 12.8 Å². The van der Waals surface area contributed by atoms with Crippen molar-refractivity contribution in [3.8, 4) is 0 Å². The number of guanidine groups is 1. The topological polar surface area (TPSA) is 76.7 Å². The molecule has 5 heteroatoms. The monoisotopic (exact) mass is 255 g/mol. The van der Waals surface area contributed by atoms with Gasteiger partial charge in [-0.05, 0) is 46.0 Å². The van der Waals surface area contributed by atoms with Gasteiger partial charge in [0, 0.05) is 19.0 Å². The normalized spacial score (nSPS) is 17.2. The van der Waals surface area contributed by atoms with Crippen LogP contribution in [-0.4, -0.2) is 30.6 Å². The number of nitrogens with zero attached hydrogens (tertiary/aromatic N) is 1. The lowest BCUT2D eigenvalue weighted by atomic mass is 10.3. The highest BCUT2D eigenvalue weighted by Gasteiger charge is 2.18. The molecule has 1 aliphatic rings. The maximum atomic E-state index is 11.5. The summed E-state index contributed by atoms with van der Waals surface area (Å²) in [6.07, 6.45) is 5.68. The van der Waals surface area contributed by atoms with Gasteiger partial charge in [-0.1, -0.05) is 0 Å². The van der Waals surface area contributed by atoms with Crippen LogP contribution < -0.4 is 11.1 Å². The summed E-state index contributed by atoms with van der Waals surface area (Å²) in [5.74, 6) is 0.335. The number of hydrogen-bond acceptors (Lipinski definition) is 3. The summed E-state index contributed by atoms with van der Waals surface area (Å²) in [6.45, 7) is 4.56. The third-order valence-corrected chi connectivity index (χ3v) is 2.86. The van der Waals surface area contributed by atoms with E-state index in [1.807, 2.05) is 13.8 Å². The molecule has 3 N–H and O–H groups in total. The number of carbonyl (C=O) groups is 1. The Kier molecular flexibility index (Phi) is 6.54. The van der Waals surface area contributed by atoms with Crippen LogP contribution in [0.4, 0.5) is 0 Å². The molecule has 0 aromatic heterocycles. The molecule has 0 bridgehead atoms. The summed E-state index contributed by atoms with van der Waals surface area (Å²) in [6, 6.07) is 0.279. The molecule has 0 amide bonds. The van der Waals surface area contributed by atoms with Crippen molar-refractivity contribution in [2.75, 3.05) is 6.54 Å². The molecule has 0 aromatic carbocycles. The minimum atomic E-state index is -0.104. The van der Waals surface area contributed by atoms with Crippen molar-refractivity contribution >= 4 is 11.9 Å². The maximum absolute atomic E-state index is 11.5. The van der Waals surface area contributed by atoms with Crippen molar-refractivity contribution in [1.82, 2.24) is 5.32 Å². The maximum Gasteiger partial charge on any atom is 0.306 e. The average molecular weight is 255 g/mol. The van der Waals surface area contributed by atoms with Gasteiger partial charge in [0.25, 0.3) is 0 Å². The highest BCUT2D eigenvalue weighted by Crippen LogP contribution is 2.21. The Morgan fingerprint density at radius 3 is 2.72 bits per heavy atom. The van der Waals surface area contributed by atoms with Gasteiger partial charge in [-0.2, -0.15) is 0 Å². The van der Waals surface area contributed by atoms with Crippen molar-refractivity contribution in [3.63, 3.8) is 0 Å². The first kappa shape index (κ1) is 14.8. The molecule has 1 aliphatic carbocycles. The van der Waals surface area contributed by atoms with Gasteiger partial charge >= 0.3 is 5.97 Å². The molecule has 0 saturated heterocycles. The highest BCUT2D eigenvalue weighted by molar-refractivity contribution is 5.78. The fourth-order valence-corrected chi connectivity index (χ4v) is 2.02. The lowest BCUT2D eigenvalue weighted by Gasteiger charge is -2.11. The zero-order valence-electron chi connectivity index (χ0n) is 11.4. The highest BCUT2D eigenvalue weighted by atomic mass is 16.5. The molecule has 1 rings (SSSR count). The number of ether oxygens (including phenoxy) is 1. The molecule has 18 heavy (non-hydrogen) atoms. The number of hydrogen-bond donors (Lipinski definition) is 2. The third-order valence-electron chi connectivity index (χ3n) is 2.86. The van der Waals surface area contributed by atoms with Crippen LogP contribution in [0.25, 0.3) is 0 Å². The van der Waals surface area contributed by atoms with Crippen molar-refractivity contribution in [3.05, 3.63) is 0 Å². The first-order valence-electron chi connectivity index (χ1n) is 6.84. The zero-order valence-corrected chi connectivity index (χ0v) is 11.4. The number of aliphatic imine (C=N–C) groups is 1. The number of nitrogens with one attached hydrogen (secondary N) is 1. The SMILES string of the molecule is CC(C)NC(N)=NCCCC(=O)OC1CCCC1. The van der Waals surface area contributed by atoms with Gasteiger partial charge in [0.05, 0.1) is 0 Å². The predicted octanol–water partition coefficient (Wildman–Crippen LogP) is 1.57. The second kappa shape index (κ2) is 7.95. The zero-order chi connectivity index (χ0) is 13.4. The minimum absolute atomic E-state index is 0.104. The van der Waals surface area contributed by atoms with E-state index in [-0.39, 0.29) is 18.1 Å². The molecular formula is C13H25N3O2. The Morgan fingerprint density at radius 2 is 2.11 bits per heavy atom. The number of rotatable bonds is 6. The molecule has 0 spiro atoms. The summed E-state index contributed by atoms with van der Waals surface area (Å²) in [5.41, 5.74) is 5.65. The van der Waals surface area contributed by atoms with E-state index in [9.17, 15) is 4.79 Å². The fourth-order valence-electron chi connectivity index (χ4n) is 2.02. The van der Waals surface area contributed by atoms with Crippen LogP contribution >= 0.6 is 0 Å². The van der Waals surface area contributed by atoms with Gasteiger partial charge in [0.15, 0.2) is 5.96 Å². The smallest absolute Gasteiger partial charge is 0.306 e. The van der Waals surface area contributed by atoms with Crippen LogP contribution in [-0.2, 0) is 9.53 Å². The second-order valence-corrected chi connectivity index (χ2v) is 5.07. The van der Waals surface area contributed by atoms with E-state index in [0.29, 0.717) is 25.3 Å². The molecule has 0 atom stereocenters. The number of nitrogens with two attached hydrogens (primary N) is 1. The lowest BCUT2D eigenvalue weighted by Crippen LogP contribution is -2.36. The van der Waals surface area contributed by atoms with Gasteiger partial charge in [-0.25, -0.2) is 0 Å². The molecule has 0 heterocycles. The average Bonchev–Trinajstić information content (AvgIpc) is 2.76. The Labute approximate surface area is 109 Å². The third kappa shape index (κ3) is 6.47. The summed E-state index contributed by atoms with van der Waals surface area (Å²) in [5, 5.41) is 3.00. The van der Waals surface area contributed by atoms with Gasteiger partial charge in [0.2, 0.25) is 0 Å². The molecule has 1 fully saturated rings. The van der Waals surface area contributed by atoms with Gasteiger partial charge in [-0.15, -0.1) is 0 Å². The van der Waals surface area contributed by atoms with Gasteiger partial charge in [0.1, 0.15) is 6.10 Å². The first-order valence-corrected chi connectivity index (χ1v) is 6.84. The summed E-state index contributed by atoms with van der Waals surface area (Å²) in [7, 11) is 0. The van der Waals surface area contributed by atoms with E-state index in [4.69, 9.17) is 10.5 Å². The summed E-state index contributed by atoms with van der Waals surface area (Å²) in [4.78, 5) is 15.6. The number of carbonyl (C=O) groups excluding carboxylic acids is 1. The summed E-state index contributed by atoms with van der Waals surface area (Å²) >= 11 is 0. The van der Waals surface area contributed by atoms with E-state index in [2.05, 4.69) is 10.3 Å². The van der Waals surface area contributed by atoms with Crippen molar-refractivity contribution in [2.24, 2.45) is 10.7 Å². The Balaban J connectivity index is 2.07. The molecule has 0 unspecified atom stereocenters. The molecule has 0 radical (unpaired) electrons. The predicted molar refractivity (Wildman–Crippen MR) is 72.3 cm³/mol. The number of esters is 1. The Bertz CT molecular complexity index is 284. The molecule has 0 aromatic rings. The van der Waals surface area contributed by atoms with Gasteiger partial charge in [-0.3, -0.25) is 9.79 Å². The Morgan fingerprint density at radius 1 is 1.44 bits per heavy atom. The first-order chi connectivity index (χ1) is 8.58. The summed E-state index contributed by atoms with van der Waals surface area (Å²) < 4.78 is 5.35. The molecule has 1 saturated carbocycles. The Hall–Kier alpha value is -1.26. The lowest BCUT2D eigenvalue weighted by molar-refractivity contribution is -0.148. The van der Waals surface area contributed by atoms with E-state index in [1.165, 1.54) is 12.8 Å². The van der Waals surface area contributed by atoms with Crippen LogP contribution in [0.15, 0.2) is 4.99 Å². The van der Waals surface area contributed by atoms with Gasteiger partial charge < -0.3 is 15.8 Å². The second-order valence-electron chi connectivity index (χ2n) is 5.07. The van der Waals surface area contributed by atoms with Crippen LogP contribution in [0.3, 0.4) is 0 Å². The quantitative estimate of drug-likeness (QED) is 0.327. The molecular weight excluding hydrogens is 230 g/mol. The van der Waals surface area contributed by atoms with Crippen LogP contribution in [0.2, 0.25) is 0 Å².